The second-order valence-corrected chi connectivity index (χ2v) is 3.65. The number of hydrogen-bond acceptors (Lipinski definition) is 6. The largest absolute Gasteiger partial charge is 0.364 e. The van der Waals surface area contributed by atoms with Gasteiger partial charge in [0.25, 0.3) is 5.69 Å². The fraction of sp³-hybridized carbons (Fsp3) is 0.0833. The molecule has 0 spiro atoms. The zero-order valence-electron chi connectivity index (χ0n) is 9.78. The molecule has 1 aromatic heterocycles. The summed E-state index contributed by atoms with van der Waals surface area (Å²) in [7, 11) is 0. The van der Waals surface area contributed by atoms with E-state index in [9.17, 15) is 10.1 Å². The highest BCUT2D eigenvalue weighted by Crippen LogP contribution is 2.15. The zero-order valence-corrected chi connectivity index (χ0v) is 9.78. The summed E-state index contributed by atoms with van der Waals surface area (Å²) in [5.74, 6) is 0.358. The lowest BCUT2D eigenvalue weighted by molar-refractivity contribution is -0.384. The molecule has 0 aliphatic rings. The summed E-state index contributed by atoms with van der Waals surface area (Å²) in [5, 5.41) is 22.4. The number of non-ortho nitro benzene ring substituents is 1. The summed E-state index contributed by atoms with van der Waals surface area (Å²) >= 11 is 0. The van der Waals surface area contributed by atoms with Gasteiger partial charge in [-0.1, -0.05) is 12.1 Å². The number of anilines is 1. The summed E-state index contributed by atoms with van der Waals surface area (Å²) < 4.78 is 0. The van der Waals surface area contributed by atoms with E-state index in [4.69, 9.17) is 5.26 Å². The molecule has 2 rings (SSSR count). The third-order valence-electron chi connectivity index (χ3n) is 2.39. The van der Waals surface area contributed by atoms with Gasteiger partial charge in [0.15, 0.2) is 11.5 Å². The van der Waals surface area contributed by atoms with Gasteiger partial charge in [-0.25, -0.2) is 9.97 Å². The maximum atomic E-state index is 10.6. The second kappa shape index (κ2) is 5.55. The van der Waals surface area contributed by atoms with Gasteiger partial charge in [-0.3, -0.25) is 10.1 Å². The van der Waals surface area contributed by atoms with Crippen LogP contribution in [0.3, 0.4) is 0 Å². The fourth-order valence-electron chi connectivity index (χ4n) is 1.51. The van der Waals surface area contributed by atoms with E-state index >= 15 is 0 Å². The van der Waals surface area contributed by atoms with E-state index in [1.165, 1.54) is 24.5 Å². The highest BCUT2D eigenvalue weighted by molar-refractivity contribution is 5.47. The van der Waals surface area contributed by atoms with E-state index in [1.807, 2.05) is 6.07 Å². The zero-order chi connectivity index (χ0) is 13.7. The first-order valence-corrected chi connectivity index (χ1v) is 5.39. The van der Waals surface area contributed by atoms with Crippen molar-refractivity contribution in [2.24, 2.45) is 0 Å². The Bertz CT molecular complexity index is 651. The third kappa shape index (κ3) is 3.01. The minimum absolute atomic E-state index is 0.0268. The Hall–Kier alpha value is -3.01. The van der Waals surface area contributed by atoms with E-state index in [0.29, 0.717) is 12.4 Å². The van der Waals surface area contributed by atoms with E-state index in [1.54, 1.807) is 12.1 Å². The molecular formula is C12H9N5O2. The van der Waals surface area contributed by atoms with Crippen LogP contribution in [0.15, 0.2) is 36.7 Å². The second-order valence-electron chi connectivity index (χ2n) is 3.65. The van der Waals surface area contributed by atoms with Crippen LogP contribution in [0, 0.1) is 21.4 Å². The Morgan fingerprint density at radius 2 is 2.16 bits per heavy atom. The molecule has 0 amide bonds. The van der Waals surface area contributed by atoms with Crippen LogP contribution < -0.4 is 5.32 Å². The van der Waals surface area contributed by atoms with Crippen LogP contribution in [0.2, 0.25) is 0 Å². The highest BCUT2D eigenvalue weighted by Gasteiger charge is 2.07. The summed E-state index contributed by atoms with van der Waals surface area (Å²) in [5.41, 5.74) is 0.940. The molecule has 0 saturated heterocycles. The van der Waals surface area contributed by atoms with E-state index < -0.39 is 4.92 Å². The molecule has 7 nitrogen and oxygen atoms in total. The molecule has 7 heteroatoms. The van der Waals surface area contributed by atoms with Gasteiger partial charge in [0.05, 0.1) is 4.92 Å². The minimum atomic E-state index is -0.452. The van der Waals surface area contributed by atoms with Gasteiger partial charge in [0.1, 0.15) is 6.07 Å². The monoisotopic (exact) mass is 255 g/mol. The summed E-state index contributed by atoms with van der Waals surface area (Å²) in [6, 6.07) is 8.17. The van der Waals surface area contributed by atoms with E-state index in [2.05, 4.69) is 15.3 Å². The first-order chi connectivity index (χ1) is 9.20. The lowest BCUT2D eigenvalue weighted by atomic mass is 10.2. The molecule has 0 saturated carbocycles. The van der Waals surface area contributed by atoms with Crippen LogP contribution in [-0.2, 0) is 6.54 Å². The van der Waals surface area contributed by atoms with Gasteiger partial charge in [0, 0.05) is 31.1 Å². The number of nitrogens with one attached hydrogen (secondary N) is 1. The summed E-state index contributed by atoms with van der Waals surface area (Å²) in [4.78, 5) is 18.0. The Morgan fingerprint density at radius 3 is 2.89 bits per heavy atom. The van der Waals surface area contributed by atoms with Gasteiger partial charge in [-0.15, -0.1) is 0 Å². The number of rotatable bonds is 4. The number of nitrogens with zero attached hydrogens (tertiary/aromatic N) is 4. The van der Waals surface area contributed by atoms with Crippen molar-refractivity contribution in [3.05, 3.63) is 58.0 Å². The average Bonchev–Trinajstić information content (AvgIpc) is 2.45. The van der Waals surface area contributed by atoms with Crippen molar-refractivity contribution in [3.8, 4) is 6.07 Å². The van der Waals surface area contributed by atoms with Crippen molar-refractivity contribution in [2.75, 3.05) is 5.32 Å². The standard InChI is InChI=1S/C12H9N5O2/c13-7-11-12(15-5-4-14-11)16-8-9-2-1-3-10(6-9)17(18)19/h1-6H,8H2,(H,15,16). The molecule has 1 heterocycles. The summed E-state index contributed by atoms with van der Waals surface area (Å²) in [6.45, 7) is 0.328. The maximum Gasteiger partial charge on any atom is 0.269 e. The van der Waals surface area contributed by atoms with Crippen molar-refractivity contribution < 1.29 is 4.92 Å². The molecule has 0 radical (unpaired) electrons. The molecule has 1 aromatic carbocycles. The molecule has 0 atom stereocenters. The molecule has 19 heavy (non-hydrogen) atoms. The number of aromatic nitrogens is 2. The predicted molar refractivity (Wildman–Crippen MR) is 67.2 cm³/mol. The van der Waals surface area contributed by atoms with E-state index in [0.717, 1.165) is 5.56 Å². The van der Waals surface area contributed by atoms with Crippen LogP contribution in [0.1, 0.15) is 11.3 Å². The molecule has 0 aliphatic carbocycles. The van der Waals surface area contributed by atoms with Crippen LogP contribution in [0.4, 0.5) is 11.5 Å². The molecule has 0 bridgehead atoms. The third-order valence-corrected chi connectivity index (χ3v) is 2.39. The Labute approximate surface area is 108 Å². The van der Waals surface area contributed by atoms with Crippen LogP contribution in [0.5, 0.6) is 0 Å². The maximum absolute atomic E-state index is 10.6. The quantitative estimate of drug-likeness (QED) is 0.660. The van der Waals surface area contributed by atoms with Crippen LogP contribution >= 0.6 is 0 Å². The minimum Gasteiger partial charge on any atom is -0.364 e. The summed E-state index contributed by atoms with van der Waals surface area (Å²) in [6.07, 6.45) is 2.90. The van der Waals surface area contributed by atoms with E-state index in [-0.39, 0.29) is 11.4 Å². The molecule has 0 aliphatic heterocycles. The van der Waals surface area contributed by atoms with Gasteiger partial charge < -0.3 is 5.32 Å². The van der Waals surface area contributed by atoms with Crippen molar-refractivity contribution in [3.63, 3.8) is 0 Å². The molecule has 2 aromatic rings. The van der Waals surface area contributed by atoms with Crippen molar-refractivity contribution in [1.82, 2.24) is 9.97 Å². The predicted octanol–water partition coefficient (Wildman–Crippen LogP) is 1.87. The average molecular weight is 255 g/mol. The lowest BCUT2D eigenvalue weighted by Gasteiger charge is -2.06. The number of nitro benzene ring substituents is 1. The lowest BCUT2D eigenvalue weighted by Crippen LogP contribution is -2.04. The van der Waals surface area contributed by atoms with Crippen LogP contribution in [-0.4, -0.2) is 14.9 Å². The van der Waals surface area contributed by atoms with Gasteiger partial charge in [0.2, 0.25) is 0 Å². The van der Waals surface area contributed by atoms with Gasteiger partial charge in [-0.2, -0.15) is 5.26 Å². The normalized spacial score (nSPS) is 9.63. The Balaban J connectivity index is 2.13. The van der Waals surface area contributed by atoms with Crippen molar-refractivity contribution in [1.29, 1.82) is 5.26 Å². The number of nitriles is 1. The highest BCUT2D eigenvalue weighted by atomic mass is 16.6. The number of hydrogen-bond donors (Lipinski definition) is 1. The molecule has 1 N–H and O–H groups in total. The first-order valence-electron chi connectivity index (χ1n) is 5.39. The Kier molecular flexibility index (Phi) is 3.64. The molecular weight excluding hydrogens is 246 g/mol. The van der Waals surface area contributed by atoms with Crippen molar-refractivity contribution >= 4 is 11.5 Å². The van der Waals surface area contributed by atoms with Crippen molar-refractivity contribution in [2.45, 2.75) is 6.54 Å². The number of nitro groups is 1. The first kappa shape index (κ1) is 12.4. The SMILES string of the molecule is N#Cc1nccnc1NCc1cccc([N+](=O)[O-])c1. The smallest absolute Gasteiger partial charge is 0.269 e. The Morgan fingerprint density at radius 1 is 1.37 bits per heavy atom. The number of benzene rings is 1. The van der Waals surface area contributed by atoms with Gasteiger partial charge in [-0.05, 0) is 5.56 Å². The molecule has 0 fully saturated rings. The topological polar surface area (TPSA) is 105 Å². The fourth-order valence-corrected chi connectivity index (χ4v) is 1.51. The van der Waals surface area contributed by atoms with Crippen LogP contribution in [0.25, 0.3) is 0 Å². The molecule has 0 unspecified atom stereocenters. The molecule has 94 valence electrons. The van der Waals surface area contributed by atoms with Gasteiger partial charge >= 0.3 is 0 Å².